The number of fused-ring (bicyclic) bond motifs is 1. The van der Waals surface area contributed by atoms with E-state index in [0.717, 1.165) is 24.2 Å². The molecule has 0 saturated heterocycles. The quantitative estimate of drug-likeness (QED) is 0.851. The van der Waals surface area contributed by atoms with Gasteiger partial charge in [0.25, 0.3) is 0 Å². The highest BCUT2D eigenvalue weighted by molar-refractivity contribution is 5.38. The van der Waals surface area contributed by atoms with E-state index in [9.17, 15) is 0 Å². The standard InChI is InChI=1S/C13H19NO2/c1-13(7-8-15-2)9-11(14)10-5-3-4-6-12(10)16-13/h3-6,11H,7-9,14H2,1-2H3/t11-,13?/m0/s1. The molecular formula is C13H19NO2. The molecule has 1 unspecified atom stereocenters. The van der Waals surface area contributed by atoms with Gasteiger partial charge in [-0.25, -0.2) is 0 Å². The van der Waals surface area contributed by atoms with Gasteiger partial charge in [-0.3, -0.25) is 0 Å². The molecule has 0 aromatic heterocycles. The van der Waals surface area contributed by atoms with E-state index in [-0.39, 0.29) is 11.6 Å². The Bertz CT molecular complexity index is 367. The van der Waals surface area contributed by atoms with Gasteiger partial charge in [0.1, 0.15) is 11.4 Å². The summed E-state index contributed by atoms with van der Waals surface area (Å²) < 4.78 is 11.1. The van der Waals surface area contributed by atoms with Gasteiger partial charge in [-0.05, 0) is 13.0 Å². The van der Waals surface area contributed by atoms with Crippen LogP contribution in [-0.4, -0.2) is 19.3 Å². The molecule has 0 aliphatic carbocycles. The highest BCUT2D eigenvalue weighted by atomic mass is 16.5. The van der Waals surface area contributed by atoms with E-state index in [4.69, 9.17) is 15.2 Å². The van der Waals surface area contributed by atoms with Gasteiger partial charge >= 0.3 is 0 Å². The summed E-state index contributed by atoms with van der Waals surface area (Å²) in [5.41, 5.74) is 7.08. The topological polar surface area (TPSA) is 44.5 Å². The van der Waals surface area contributed by atoms with Crippen LogP contribution in [0.5, 0.6) is 5.75 Å². The van der Waals surface area contributed by atoms with Gasteiger partial charge in [0.2, 0.25) is 0 Å². The van der Waals surface area contributed by atoms with Crippen LogP contribution in [0.25, 0.3) is 0 Å². The SMILES string of the molecule is COCCC1(C)C[C@H](N)c2ccccc2O1. The summed E-state index contributed by atoms with van der Waals surface area (Å²) in [6, 6.07) is 8.06. The molecular weight excluding hydrogens is 202 g/mol. The maximum atomic E-state index is 6.17. The van der Waals surface area contributed by atoms with Crippen LogP contribution in [0.2, 0.25) is 0 Å². The average Bonchev–Trinajstić information content (AvgIpc) is 2.26. The molecule has 0 radical (unpaired) electrons. The first-order valence-corrected chi connectivity index (χ1v) is 5.67. The zero-order valence-corrected chi connectivity index (χ0v) is 9.90. The third-order valence-corrected chi connectivity index (χ3v) is 3.16. The van der Waals surface area contributed by atoms with Crippen molar-refractivity contribution < 1.29 is 9.47 Å². The number of rotatable bonds is 3. The van der Waals surface area contributed by atoms with E-state index in [1.54, 1.807) is 7.11 Å². The lowest BCUT2D eigenvalue weighted by molar-refractivity contribution is 0.0215. The highest BCUT2D eigenvalue weighted by Crippen LogP contribution is 2.39. The maximum Gasteiger partial charge on any atom is 0.124 e. The van der Waals surface area contributed by atoms with Gasteiger partial charge in [-0.1, -0.05) is 18.2 Å². The first-order valence-electron chi connectivity index (χ1n) is 5.67. The molecule has 0 fully saturated rings. The van der Waals surface area contributed by atoms with E-state index in [2.05, 4.69) is 6.92 Å². The number of hydrogen-bond donors (Lipinski definition) is 1. The molecule has 88 valence electrons. The molecule has 3 heteroatoms. The zero-order chi connectivity index (χ0) is 11.6. The fourth-order valence-electron chi connectivity index (χ4n) is 2.23. The van der Waals surface area contributed by atoms with E-state index < -0.39 is 0 Å². The predicted octanol–water partition coefficient (Wildman–Crippen LogP) is 2.26. The van der Waals surface area contributed by atoms with Crippen LogP contribution >= 0.6 is 0 Å². The molecule has 0 amide bonds. The third-order valence-electron chi connectivity index (χ3n) is 3.16. The molecule has 1 aliphatic heterocycles. The second kappa shape index (κ2) is 4.44. The lowest BCUT2D eigenvalue weighted by Gasteiger charge is -2.38. The van der Waals surface area contributed by atoms with Crippen molar-refractivity contribution in [2.45, 2.75) is 31.4 Å². The van der Waals surface area contributed by atoms with Crippen LogP contribution in [0.3, 0.4) is 0 Å². The first-order chi connectivity index (χ1) is 7.64. The van der Waals surface area contributed by atoms with Crippen molar-refractivity contribution in [3.05, 3.63) is 29.8 Å². The average molecular weight is 221 g/mol. The fraction of sp³-hybridized carbons (Fsp3) is 0.538. The summed E-state index contributed by atoms with van der Waals surface area (Å²) in [6.07, 6.45) is 1.71. The Hall–Kier alpha value is -1.06. The molecule has 1 aromatic carbocycles. The molecule has 1 heterocycles. The van der Waals surface area contributed by atoms with E-state index >= 15 is 0 Å². The largest absolute Gasteiger partial charge is 0.487 e. The summed E-state index contributed by atoms with van der Waals surface area (Å²) in [6.45, 7) is 2.80. The van der Waals surface area contributed by atoms with Crippen molar-refractivity contribution in [2.75, 3.05) is 13.7 Å². The van der Waals surface area contributed by atoms with Crippen molar-refractivity contribution in [2.24, 2.45) is 5.73 Å². The molecule has 1 aliphatic rings. The van der Waals surface area contributed by atoms with Crippen molar-refractivity contribution >= 4 is 0 Å². The molecule has 1 aromatic rings. The maximum absolute atomic E-state index is 6.17. The molecule has 0 saturated carbocycles. The molecule has 2 atom stereocenters. The van der Waals surface area contributed by atoms with Crippen molar-refractivity contribution in [1.82, 2.24) is 0 Å². The van der Waals surface area contributed by atoms with Crippen LogP contribution in [0.15, 0.2) is 24.3 Å². The number of ether oxygens (including phenoxy) is 2. The molecule has 0 bridgehead atoms. The number of nitrogens with two attached hydrogens (primary N) is 1. The monoisotopic (exact) mass is 221 g/mol. The number of benzene rings is 1. The smallest absolute Gasteiger partial charge is 0.124 e. The lowest BCUT2D eigenvalue weighted by atomic mass is 9.87. The first kappa shape index (κ1) is 11.4. The zero-order valence-electron chi connectivity index (χ0n) is 9.90. The second-order valence-electron chi connectivity index (χ2n) is 4.64. The van der Waals surface area contributed by atoms with Gasteiger partial charge in [0.05, 0.1) is 0 Å². The minimum absolute atomic E-state index is 0.0619. The lowest BCUT2D eigenvalue weighted by Crippen LogP contribution is -2.41. The molecule has 2 rings (SSSR count). The molecule has 0 spiro atoms. The fourth-order valence-corrected chi connectivity index (χ4v) is 2.23. The van der Waals surface area contributed by atoms with Gasteiger partial charge in [0.15, 0.2) is 0 Å². The normalized spacial score (nSPS) is 28.3. The van der Waals surface area contributed by atoms with Crippen LogP contribution in [0.1, 0.15) is 31.4 Å². The van der Waals surface area contributed by atoms with Gasteiger partial charge in [-0.15, -0.1) is 0 Å². The minimum atomic E-state index is -0.205. The second-order valence-corrected chi connectivity index (χ2v) is 4.64. The highest BCUT2D eigenvalue weighted by Gasteiger charge is 2.35. The number of methoxy groups -OCH3 is 1. The summed E-state index contributed by atoms with van der Waals surface area (Å²) in [4.78, 5) is 0. The Balaban J connectivity index is 2.20. The summed E-state index contributed by atoms with van der Waals surface area (Å²) >= 11 is 0. The van der Waals surface area contributed by atoms with Gasteiger partial charge < -0.3 is 15.2 Å². The molecule has 2 N–H and O–H groups in total. The Kier molecular flexibility index (Phi) is 3.17. The van der Waals surface area contributed by atoms with Gasteiger partial charge in [0, 0.05) is 38.2 Å². The van der Waals surface area contributed by atoms with Crippen molar-refractivity contribution in [3.8, 4) is 5.75 Å². The van der Waals surface area contributed by atoms with Gasteiger partial charge in [-0.2, -0.15) is 0 Å². The Morgan fingerprint density at radius 1 is 1.50 bits per heavy atom. The minimum Gasteiger partial charge on any atom is -0.487 e. The number of para-hydroxylation sites is 1. The van der Waals surface area contributed by atoms with Crippen LogP contribution in [-0.2, 0) is 4.74 Å². The number of hydrogen-bond acceptors (Lipinski definition) is 3. The Labute approximate surface area is 96.5 Å². The molecule has 16 heavy (non-hydrogen) atoms. The van der Waals surface area contributed by atoms with Crippen LogP contribution < -0.4 is 10.5 Å². The molecule has 3 nitrogen and oxygen atoms in total. The Morgan fingerprint density at radius 3 is 3.00 bits per heavy atom. The van der Waals surface area contributed by atoms with E-state index in [0.29, 0.717) is 6.61 Å². The van der Waals surface area contributed by atoms with E-state index in [1.807, 2.05) is 24.3 Å². The third kappa shape index (κ3) is 2.20. The van der Waals surface area contributed by atoms with Crippen molar-refractivity contribution in [1.29, 1.82) is 0 Å². The predicted molar refractivity (Wildman–Crippen MR) is 63.5 cm³/mol. The summed E-state index contributed by atoms with van der Waals surface area (Å²) in [7, 11) is 1.71. The van der Waals surface area contributed by atoms with Crippen molar-refractivity contribution in [3.63, 3.8) is 0 Å². The van der Waals surface area contributed by atoms with Crippen LogP contribution in [0.4, 0.5) is 0 Å². The summed E-state index contributed by atoms with van der Waals surface area (Å²) in [5.74, 6) is 0.917. The summed E-state index contributed by atoms with van der Waals surface area (Å²) in [5, 5.41) is 0. The Morgan fingerprint density at radius 2 is 2.25 bits per heavy atom. The van der Waals surface area contributed by atoms with Crippen LogP contribution in [0, 0.1) is 0 Å². The van der Waals surface area contributed by atoms with E-state index in [1.165, 1.54) is 0 Å².